The molecule has 0 aliphatic carbocycles. The van der Waals surface area contributed by atoms with E-state index in [0.717, 1.165) is 11.1 Å². The molecule has 0 spiro atoms. The fourth-order valence-electron chi connectivity index (χ4n) is 2.17. The van der Waals surface area contributed by atoms with Crippen LogP contribution < -0.4 is 11.3 Å². The number of nitrogens with one attached hydrogen (secondary N) is 1. The molecule has 0 aliphatic rings. The summed E-state index contributed by atoms with van der Waals surface area (Å²) in [5, 5.41) is 4.19. The summed E-state index contributed by atoms with van der Waals surface area (Å²) in [6.45, 7) is 2.60. The predicted octanol–water partition coefficient (Wildman–Crippen LogP) is 1.70. The van der Waals surface area contributed by atoms with Crippen LogP contribution in [0.4, 0.5) is 0 Å². The Morgan fingerprint density at radius 1 is 1.32 bits per heavy atom. The average molecular weight is 260 g/mol. The van der Waals surface area contributed by atoms with Crippen LogP contribution in [-0.4, -0.2) is 16.4 Å². The zero-order valence-corrected chi connectivity index (χ0v) is 11.3. The van der Waals surface area contributed by atoms with Crippen LogP contribution >= 0.6 is 0 Å². The first kappa shape index (κ1) is 13.7. The maximum Gasteiger partial charge on any atom is 0.103 e. The third kappa shape index (κ3) is 3.20. The summed E-state index contributed by atoms with van der Waals surface area (Å²) in [6, 6.07) is 9.94. The van der Waals surface area contributed by atoms with Gasteiger partial charge >= 0.3 is 0 Å². The molecule has 2 unspecified atom stereocenters. The molecule has 5 heteroatoms. The van der Waals surface area contributed by atoms with Crippen LogP contribution in [0.3, 0.4) is 0 Å². The van der Waals surface area contributed by atoms with Gasteiger partial charge in [-0.1, -0.05) is 30.3 Å². The first-order chi connectivity index (χ1) is 9.26. The third-order valence-electron chi connectivity index (χ3n) is 3.04. The predicted molar refractivity (Wildman–Crippen MR) is 74.1 cm³/mol. The van der Waals surface area contributed by atoms with Crippen molar-refractivity contribution < 1.29 is 4.74 Å². The molecule has 5 nitrogen and oxygen atoms in total. The van der Waals surface area contributed by atoms with Crippen molar-refractivity contribution in [2.24, 2.45) is 12.9 Å². The van der Waals surface area contributed by atoms with Gasteiger partial charge < -0.3 is 4.74 Å². The summed E-state index contributed by atoms with van der Waals surface area (Å²) in [4.78, 5) is 0. The topological polar surface area (TPSA) is 65.1 Å². The second-order valence-electron chi connectivity index (χ2n) is 4.38. The van der Waals surface area contributed by atoms with E-state index in [1.54, 1.807) is 10.9 Å². The first-order valence-corrected chi connectivity index (χ1v) is 6.37. The summed E-state index contributed by atoms with van der Waals surface area (Å²) in [6.07, 6.45) is 3.61. The van der Waals surface area contributed by atoms with Gasteiger partial charge in [-0.05, 0) is 12.5 Å². The Labute approximate surface area is 113 Å². The van der Waals surface area contributed by atoms with Crippen molar-refractivity contribution in [3.8, 4) is 0 Å². The van der Waals surface area contributed by atoms with Crippen molar-refractivity contribution in [3.05, 3.63) is 53.9 Å². The lowest BCUT2D eigenvalue weighted by molar-refractivity contribution is 0.0326. The van der Waals surface area contributed by atoms with E-state index < -0.39 is 0 Å². The van der Waals surface area contributed by atoms with Crippen LogP contribution in [0.5, 0.6) is 0 Å². The molecule has 0 fully saturated rings. The molecule has 0 saturated heterocycles. The Morgan fingerprint density at radius 2 is 2.05 bits per heavy atom. The van der Waals surface area contributed by atoms with Gasteiger partial charge in [0.05, 0.1) is 12.2 Å². The molecule has 0 bridgehead atoms. The second kappa shape index (κ2) is 6.47. The van der Waals surface area contributed by atoms with Gasteiger partial charge in [0, 0.05) is 25.4 Å². The molecular formula is C14H20N4O. The zero-order valence-electron chi connectivity index (χ0n) is 11.3. The lowest BCUT2D eigenvalue weighted by Gasteiger charge is -2.26. The Kier molecular flexibility index (Phi) is 4.68. The largest absolute Gasteiger partial charge is 0.372 e. The smallest absolute Gasteiger partial charge is 0.103 e. The maximum absolute atomic E-state index is 5.87. The van der Waals surface area contributed by atoms with E-state index in [2.05, 4.69) is 10.5 Å². The monoisotopic (exact) mass is 260 g/mol. The van der Waals surface area contributed by atoms with E-state index in [1.165, 1.54) is 0 Å². The average Bonchev–Trinajstić information content (AvgIpc) is 2.86. The van der Waals surface area contributed by atoms with Crippen LogP contribution in [0.2, 0.25) is 0 Å². The molecule has 1 heterocycles. The van der Waals surface area contributed by atoms with Crippen molar-refractivity contribution in [2.75, 3.05) is 6.61 Å². The highest BCUT2D eigenvalue weighted by atomic mass is 16.5. The number of hydrogen-bond acceptors (Lipinski definition) is 4. The van der Waals surface area contributed by atoms with Crippen molar-refractivity contribution in [1.82, 2.24) is 15.2 Å². The highest BCUT2D eigenvalue weighted by Gasteiger charge is 2.25. The summed E-state index contributed by atoms with van der Waals surface area (Å²) in [5.41, 5.74) is 4.94. The van der Waals surface area contributed by atoms with E-state index in [0.29, 0.717) is 6.61 Å². The Morgan fingerprint density at radius 3 is 2.58 bits per heavy atom. The summed E-state index contributed by atoms with van der Waals surface area (Å²) >= 11 is 0. The van der Waals surface area contributed by atoms with Crippen LogP contribution in [0.25, 0.3) is 0 Å². The summed E-state index contributed by atoms with van der Waals surface area (Å²) in [7, 11) is 1.88. The molecule has 0 saturated carbocycles. The quantitative estimate of drug-likeness (QED) is 0.613. The van der Waals surface area contributed by atoms with Gasteiger partial charge in [0.2, 0.25) is 0 Å². The molecule has 3 N–H and O–H groups in total. The molecule has 0 amide bonds. The van der Waals surface area contributed by atoms with E-state index in [-0.39, 0.29) is 12.1 Å². The minimum atomic E-state index is -0.139. The van der Waals surface area contributed by atoms with E-state index >= 15 is 0 Å². The van der Waals surface area contributed by atoms with Crippen LogP contribution in [0.1, 0.15) is 30.2 Å². The fraction of sp³-hybridized carbons (Fsp3) is 0.357. The van der Waals surface area contributed by atoms with E-state index in [4.69, 9.17) is 10.6 Å². The molecule has 2 aromatic rings. The molecule has 2 rings (SSSR count). The van der Waals surface area contributed by atoms with Crippen molar-refractivity contribution in [1.29, 1.82) is 0 Å². The van der Waals surface area contributed by atoms with Gasteiger partial charge in [-0.3, -0.25) is 10.5 Å². The van der Waals surface area contributed by atoms with Gasteiger partial charge in [-0.25, -0.2) is 5.43 Å². The molecule has 0 aliphatic heterocycles. The Bertz CT molecular complexity index is 497. The summed E-state index contributed by atoms with van der Waals surface area (Å²) < 4.78 is 7.62. The number of benzene rings is 1. The van der Waals surface area contributed by atoms with E-state index in [1.807, 2.05) is 50.5 Å². The number of aryl methyl sites for hydroxylation is 1. The number of aromatic nitrogens is 2. The van der Waals surface area contributed by atoms with Crippen molar-refractivity contribution in [3.63, 3.8) is 0 Å². The highest BCUT2D eigenvalue weighted by molar-refractivity contribution is 5.23. The van der Waals surface area contributed by atoms with Crippen LogP contribution in [0.15, 0.2) is 42.7 Å². The standard InChI is InChI=1S/C14H20N4O/c1-3-19-14(11-7-5-4-6-8-11)13(17-15)12-9-16-18(2)10-12/h4-10,13-14,17H,3,15H2,1-2H3. The molecule has 19 heavy (non-hydrogen) atoms. The zero-order chi connectivity index (χ0) is 13.7. The fourth-order valence-corrected chi connectivity index (χ4v) is 2.17. The van der Waals surface area contributed by atoms with Gasteiger partial charge in [0.25, 0.3) is 0 Å². The summed E-state index contributed by atoms with van der Waals surface area (Å²) in [5.74, 6) is 5.72. The molecule has 1 aromatic carbocycles. The number of rotatable bonds is 6. The lowest BCUT2D eigenvalue weighted by atomic mass is 9.98. The third-order valence-corrected chi connectivity index (χ3v) is 3.04. The normalized spacial score (nSPS) is 14.3. The molecule has 0 radical (unpaired) electrons. The number of nitrogens with two attached hydrogens (primary N) is 1. The van der Waals surface area contributed by atoms with Gasteiger partial charge in [0.15, 0.2) is 0 Å². The van der Waals surface area contributed by atoms with Gasteiger partial charge in [-0.15, -0.1) is 0 Å². The number of hydrazine groups is 1. The van der Waals surface area contributed by atoms with Crippen molar-refractivity contribution in [2.45, 2.75) is 19.1 Å². The number of ether oxygens (including phenoxy) is 1. The highest BCUT2D eigenvalue weighted by Crippen LogP contribution is 2.31. The lowest BCUT2D eigenvalue weighted by Crippen LogP contribution is -2.33. The Balaban J connectivity index is 2.31. The van der Waals surface area contributed by atoms with Crippen LogP contribution in [-0.2, 0) is 11.8 Å². The van der Waals surface area contributed by atoms with Crippen molar-refractivity contribution >= 4 is 0 Å². The van der Waals surface area contributed by atoms with Gasteiger partial charge in [0.1, 0.15) is 6.10 Å². The SMILES string of the molecule is CCOC(c1ccccc1)C(NN)c1cnn(C)c1. The molecule has 2 atom stereocenters. The minimum absolute atomic E-state index is 0.129. The van der Waals surface area contributed by atoms with Gasteiger partial charge in [-0.2, -0.15) is 5.10 Å². The molecule has 1 aromatic heterocycles. The Hall–Kier alpha value is -1.69. The van der Waals surface area contributed by atoms with Crippen LogP contribution in [0, 0.1) is 0 Å². The number of nitrogens with zero attached hydrogens (tertiary/aromatic N) is 2. The first-order valence-electron chi connectivity index (χ1n) is 6.37. The molecule has 102 valence electrons. The number of hydrogen-bond donors (Lipinski definition) is 2. The van der Waals surface area contributed by atoms with E-state index in [9.17, 15) is 0 Å². The minimum Gasteiger partial charge on any atom is -0.372 e. The maximum atomic E-state index is 5.87. The molecular weight excluding hydrogens is 240 g/mol. The second-order valence-corrected chi connectivity index (χ2v) is 4.38.